The van der Waals surface area contributed by atoms with Crippen LogP contribution < -0.4 is 19.6 Å². The van der Waals surface area contributed by atoms with Crippen molar-refractivity contribution in [1.82, 2.24) is 0 Å². The fraction of sp³-hybridized carbons (Fsp3) is 0.172. The average molecular weight is 1180 g/mol. The van der Waals surface area contributed by atoms with Gasteiger partial charge in [0, 0.05) is 67.4 Å². The first-order valence-electron chi connectivity index (χ1n) is 32.3. The van der Waals surface area contributed by atoms with E-state index in [1.807, 2.05) is 0 Å². The van der Waals surface area contributed by atoms with Gasteiger partial charge in [-0.05, 0) is 287 Å². The SMILES string of the molecule is Cc1cc(C)cc(N(c2ccccc2)c2ccc(-c3cc4c5c(c3)C(C)(C)c3cc(-c6ccc(N(c7ccccc7)c7cc(C)cc(C)c7)cc6)cc6c3N5c3c(cc(-c5ccc(N(c7ccccc7)c7cc(C)cc(C)c7)cc5)cc3C6(C)C)C4(C)C)cc2)c1. The molecule has 0 spiro atoms. The van der Waals surface area contributed by atoms with E-state index < -0.39 is 0 Å². The smallest absolute Gasteiger partial charge is 0.0544 e. The first-order valence-corrected chi connectivity index (χ1v) is 32.3. The molecule has 0 atom stereocenters. The number of para-hydroxylation sites is 3. The van der Waals surface area contributed by atoms with E-state index >= 15 is 0 Å². The van der Waals surface area contributed by atoms with Crippen molar-refractivity contribution in [3.05, 3.63) is 322 Å². The van der Waals surface area contributed by atoms with Gasteiger partial charge >= 0.3 is 0 Å². The molecule has 0 saturated heterocycles. The third kappa shape index (κ3) is 9.65. The normalized spacial score (nSPS) is 14.2. The summed E-state index contributed by atoms with van der Waals surface area (Å²) in [6, 6.07) is 96.0. The molecular weight excluding hydrogens is 1100 g/mol. The molecule has 0 aliphatic carbocycles. The van der Waals surface area contributed by atoms with Crippen molar-refractivity contribution in [2.45, 2.75) is 99.3 Å². The van der Waals surface area contributed by atoms with Crippen LogP contribution in [0.5, 0.6) is 0 Å². The lowest BCUT2D eigenvalue weighted by Gasteiger charge is -2.55. The highest BCUT2D eigenvalue weighted by Gasteiger charge is 2.52. The highest BCUT2D eigenvalue weighted by Crippen LogP contribution is 2.67. The highest BCUT2D eigenvalue weighted by atomic mass is 15.2. The van der Waals surface area contributed by atoms with Crippen molar-refractivity contribution in [3.63, 3.8) is 0 Å². The molecule has 446 valence electrons. The van der Waals surface area contributed by atoms with E-state index in [4.69, 9.17) is 0 Å². The Balaban J connectivity index is 0.908. The maximum atomic E-state index is 2.72. The molecule has 0 N–H and O–H groups in total. The number of hydrogen-bond acceptors (Lipinski definition) is 4. The Bertz CT molecular complexity index is 4190. The van der Waals surface area contributed by atoms with Gasteiger partial charge in [0.25, 0.3) is 0 Å². The van der Waals surface area contributed by atoms with Crippen LogP contribution in [0.2, 0.25) is 0 Å². The van der Waals surface area contributed by atoms with Crippen LogP contribution in [0.3, 0.4) is 0 Å². The fourth-order valence-electron chi connectivity index (χ4n) is 15.5. The predicted octanol–water partition coefficient (Wildman–Crippen LogP) is 24.3. The van der Waals surface area contributed by atoms with Gasteiger partial charge in [0.15, 0.2) is 0 Å². The van der Waals surface area contributed by atoms with E-state index in [1.165, 1.54) is 117 Å². The summed E-state index contributed by atoms with van der Waals surface area (Å²) in [5, 5.41) is 0. The maximum Gasteiger partial charge on any atom is 0.0544 e. The molecule has 0 aromatic heterocycles. The zero-order chi connectivity index (χ0) is 62.8. The summed E-state index contributed by atoms with van der Waals surface area (Å²) in [7, 11) is 0. The van der Waals surface area contributed by atoms with E-state index in [2.05, 4.69) is 357 Å². The lowest BCUT2D eigenvalue weighted by atomic mass is 9.60. The zero-order valence-corrected chi connectivity index (χ0v) is 54.5. The molecule has 3 heterocycles. The summed E-state index contributed by atoms with van der Waals surface area (Å²) >= 11 is 0. The molecule has 0 amide bonds. The number of rotatable bonds is 12. The van der Waals surface area contributed by atoms with E-state index in [9.17, 15) is 0 Å². The van der Waals surface area contributed by atoms with E-state index in [0.717, 1.165) is 51.2 Å². The molecule has 3 aliphatic heterocycles. The molecule has 91 heavy (non-hydrogen) atoms. The first kappa shape index (κ1) is 57.3. The number of nitrogens with zero attached hydrogens (tertiary/aromatic N) is 4. The van der Waals surface area contributed by atoms with Crippen LogP contribution >= 0.6 is 0 Å². The summed E-state index contributed by atoms with van der Waals surface area (Å²) in [5.74, 6) is 0. The van der Waals surface area contributed by atoms with Crippen LogP contribution in [0.4, 0.5) is 68.2 Å². The van der Waals surface area contributed by atoms with Crippen molar-refractivity contribution < 1.29 is 0 Å². The Labute approximate surface area is 539 Å². The summed E-state index contributed by atoms with van der Waals surface area (Å²) in [6.07, 6.45) is 0. The quantitative estimate of drug-likeness (QED) is 0.121. The third-order valence-electron chi connectivity index (χ3n) is 19.9. The number of benzene rings is 12. The molecule has 0 unspecified atom stereocenters. The summed E-state index contributed by atoms with van der Waals surface area (Å²) < 4.78 is 0. The minimum atomic E-state index is -0.384. The molecule has 4 heteroatoms. The predicted molar refractivity (Wildman–Crippen MR) is 386 cm³/mol. The van der Waals surface area contributed by atoms with Gasteiger partial charge in [0.05, 0.1) is 17.1 Å². The Morgan fingerprint density at radius 1 is 0.209 bits per heavy atom. The molecule has 0 radical (unpaired) electrons. The average Bonchev–Trinajstić information content (AvgIpc) is 0.664. The zero-order valence-electron chi connectivity index (χ0n) is 54.5. The van der Waals surface area contributed by atoms with Gasteiger partial charge in [-0.3, -0.25) is 0 Å². The lowest BCUT2D eigenvalue weighted by molar-refractivity contribution is 0.567. The minimum Gasteiger partial charge on any atom is -0.310 e. The molecule has 0 saturated carbocycles. The Morgan fingerprint density at radius 3 is 0.615 bits per heavy atom. The molecule has 4 nitrogen and oxygen atoms in total. The van der Waals surface area contributed by atoms with Gasteiger partial charge in [-0.1, -0.05) is 151 Å². The molecule has 15 rings (SSSR count). The number of hydrogen-bond donors (Lipinski definition) is 0. The summed E-state index contributed by atoms with van der Waals surface area (Å²) in [6.45, 7) is 28.0. The highest BCUT2D eigenvalue weighted by molar-refractivity contribution is 6.01. The van der Waals surface area contributed by atoms with E-state index in [-0.39, 0.29) is 16.2 Å². The minimum absolute atomic E-state index is 0.384. The molecular formula is C87H78N4. The second-order valence-corrected chi connectivity index (χ2v) is 27.7. The van der Waals surface area contributed by atoms with Crippen molar-refractivity contribution >= 4 is 68.2 Å². The van der Waals surface area contributed by atoms with Gasteiger partial charge in [-0.2, -0.15) is 0 Å². The van der Waals surface area contributed by atoms with Gasteiger partial charge in [0.2, 0.25) is 0 Å². The monoisotopic (exact) mass is 1180 g/mol. The van der Waals surface area contributed by atoms with Crippen LogP contribution in [0.1, 0.15) is 108 Å². The Hall–Kier alpha value is -10.2. The van der Waals surface area contributed by atoms with Crippen LogP contribution in [-0.2, 0) is 16.2 Å². The summed E-state index contributed by atoms with van der Waals surface area (Å²) in [4.78, 5) is 9.88. The summed E-state index contributed by atoms with van der Waals surface area (Å²) in [5.41, 5.74) is 35.8. The van der Waals surface area contributed by atoms with Crippen molar-refractivity contribution in [3.8, 4) is 33.4 Å². The van der Waals surface area contributed by atoms with Crippen molar-refractivity contribution in [2.75, 3.05) is 19.6 Å². The van der Waals surface area contributed by atoms with Crippen LogP contribution in [-0.4, -0.2) is 0 Å². The number of anilines is 12. The topological polar surface area (TPSA) is 13.0 Å². The van der Waals surface area contributed by atoms with Crippen molar-refractivity contribution in [1.29, 1.82) is 0 Å². The van der Waals surface area contributed by atoms with Crippen molar-refractivity contribution in [2.24, 2.45) is 0 Å². The first-order chi connectivity index (χ1) is 43.8. The molecule has 0 bridgehead atoms. The van der Waals surface area contributed by atoms with Crippen LogP contribution in [0, 0.1) is 41.5 Å². The Kier molecular flexibility index (Phi) is 13.6. The van der Waals surface area contributed by atoms with E-state index in [1.54, 1.807) is 0 Å². The molecule has 12 aromatic carbocycles. The largest absolute Gasteiger partial charge is 0.310 e. The number of aryl methyl sites for hydroxylation is 6. The third-order valence-corrected chi connectivity index (χ3v) is 19.9. The molecule has 12 aromatic rings. The Morgan fingerprint density at radius 2 is 0.407 bits per heavy atom. The fourth-order valence-corrected chi connectivity index (χ4v) is 15.5. The second kappa shape index (κ2) is 21.5. The maximum absolute atomic E-state index is 2.72. The second-order valence-electron chi connectivity index (χ2n) is 27.7. The molecule has 3 aliphatic rings. The van der Waals surface area contributed by atoms with Gasteiger partial charge in [-0.25, -0.2) is 0 Å². The van der Waals surface area contributed by atoms with Gasteiger partial charge < -0.3 is 19.6 Å². The van der Waals surface area contributed by atoms with E-state index in [0.29, 0.717) is 0 Å². The van der Waals surface area contributed by atoms with Gasteiger partial charge in [0.1, 0.15) is 0 Å². The lowest BCUT2D eigenvalue weighted by Crippen LogP contribution is -2.43. The molecule has 0 fully saturated rings. The van der Waals surface area contributed by atoms with Crippen LogP contribution in [0.15, 0.2) is 255 Å². The van der Waals surface area contributed by atoms with Gasteiger partial charge in [-0.15, -0.1) is 0 Å². The standard InChI is InChI=1S/C87H78N4/c1-55-40-56(2)44-73(43-55)88(67-22-16-13-17-23-67)70-34-28-61(29-35-70)64-49-76-82-77(50-64)86(9,10)79-52-66(63-32-38-72(39-33-63)90(69-26-20-15-21-27-69)75-47-59(5)42-60(6)48-75)54-81-84(79)91(82)83-78(85(76,7)8)51-65(53-80(83)87(81,11)12)62-30-36-71(37-31-62)89(68-24-18-14-19-25-68)74-45-57(3)41-58(4)46-74/h13-54H,1-12H3. The van der Waals surface area contributed by atoms with Crippen LogP contribution in [0.25, 0.3) is 33.4 Å².